The molecular formula is C27H36N2O2. The molecule has 1 N–H and O–H groups in total. The summed E-state index contributed by atoms with van der Waals surface area (Å²) in [6.07, 6.45) is 9.67. The molecule has 1 aromatic carbocycles. The highest BCUT2D eigenvalue weighted by Gasteiger charge is 2.11. The lowest BCUT2D eigenvalue weighted by Gasteiger charge is -2.17. The van der Waals surface area contributed by atoms with Crippen LogP contribution in [0.1, 0.15) is 57.6 Å². The molecule has 2 rings (SSSR count). The van der Waals surface area contributed by atoms with Crippen molar-refractivity contribution < 1.29 is 9.47 Å². The van der Waals surface area contributed by atoms with Crippen molar-refractivity contribution in [1.82, 2.24) is 4.98 Å². The van der Waals surface area contributed by atoms with Crippen LogP contribution in [0, 0.1) is 6.92 Å². The summed E-state index contributed by atoms with van der Waals surface area (Å²) in [6, 6.07) is 10.1. The Balaban J connectivity index is 2.30. The van der Waals surface area contributed by atoms with E-state index in [4.69, 9.17) is 9.47 Å². The number of aryl methyl sites for hydroxylation is 1. The van der Waals surface area contributed by atoms with E-state index >= 15 is 0 Å². The van der Waals surface area contributed by atoms with Gasteiger partial charge in [0.15, 0.2) is 0 Å². The lowest BCUT2D eigenvalue weighted by atomic mass is 10.1. The molecule has 1 heterocycles. The molecule has 4 heteroatoms. The molecule has 4 nitrogen and oxygen atoms in total. The number of pyridine rings is 1. The summed E-state index contributed by atoms with van der Waals surface area (Å²) in [7, 11) is 0. The monoisotopic (exact) mass is 420 g/mol. The van der Waals surface area contributed by atoms with Gasteiger partial charge >= 0.3 is 0 Å². The number of hydrogen-bond donors (Lipinski definition) is 1. The van der Waals surface area contributed by atoms with Crippen LogP contribution in [0.25, 0.3) is 5.70 Å². The van der Waals surface area contributed by atoms with Gasteiger partial charge in [0.25, 0.3) is 0 Å². The summed E-state index contributed by atoms with van der Waals surface area (Å²) in [5.41, 5.74) is 4.14. The number of nitrogens with one attached hydrogen (secondary N) is 1. The molecular weight excluding hydrogens is 384 g/mol. The van der Waals surface area contributed by atoms with Gasteiger partial charge in [0.05, 0.1) is 12.7 Å². The number of anilines is 1. The zero-order valence-electron chi connectivity index (χ0n) is 19.4. The Bertz CT molecular complexity index is 900. The minimum absolute atomic E-state index is 0.0769. The molecule has 0 aliphatic rings. The minimum atomic E-state index is 0.0769. The first-order chi connectivity index (χ1) is 14.9. The van der Waals surface area contributed by atoms with Gasteiger partial charge in [-0.3, -0.25) is 0 Å². The predicted octanol–water partition coefficient (Wildman–Crippen LogP) is 7.33. The van der Waals surface area contributed by atoms with E-state index in [1.54, 1.807) is 12.3 Å². The van der Waals surface area contributed by atoms with Crippen LogP contribution in [0.4, 0.5) is 5.82 Å². The summed E-state index contributed by atoms with van der Waals surface area (Å²) in [5, 5.41) is 3.51. The summed E-state index contributed by atoms with van der Waals surface area (Å²) in [4.78, 5) is 4.50. The summed E-state index contributed by atoms with van der Waals surface area (Å²) >= 11 is 0. The lowest BCUT2D eigenvalue weighted by Crippen LogP contribution is -2.08. The third-order valence-corrected chi connectivity index (χ3v) is 4.66. The molecule has 0 spiro atoms. The molecule has 0 saturated heterocycles. The number of hydrogen-bond acceptors (Lipinski definition) is 4. The van der Waals surface area contributed by atoms with E-state index in [2.05, 4.69) is 61.6 Å². The molecule has 2 aromatic rings. The van der Waals surface area contributed by atoms with Crippen LogP contribution in [0.5, 0.6) is 11.5 Å². The molecule has 0 aliphatic heterocycles. The van der Waals surface area contributed by atoms with E-state index in [9.17, 15) is 0 Å². The van der Waals surface area contributed by atoms with Gasteiger partial charge in [0, 0.05) is 23.5 Å². The van der Waals surface area contributed by atoms with Crippen LogP contribution < -0.4 is 14.8 Å². The number of rotatable bonds is 13. The molecule has 0 saturated carbocycles. The van der Waals surface area contributed by atoms with Gasteiger partial charge in [0.1, 0.15) is 17.3 Å². The molecule has 166 valence electrons. The van der Waals surface area contributed by atoms with E-state index < -0.39 is 0 Å². The van der Waals surface area contributed by atoms with Gasteiger partial charge in [-0.05, 0) is 63.8 Å². The summed E-state index contributed by atoms with van der Waals surface area (Å²) < 4.78 is 12.1. The van der Waals surface area contributed by atoms with Crippen LogP contribution in [-0.4, -0.2) is 17.7 Å². The van der Waals surface area contributed by atoms with Crippen LogP contribution >= 0.6 is 0 Å². The molecule has 0 radical (unpaired) electrons. The van der Waals surface area contributed by atoms with Crippen LogP contribution in [-0.2, 0) is 0 Å². The van der Waals surface area contributed by atoms with E-state index in [-0.39, 0.29) is 6.10 Å². The third-order valence-electron chi connectivity index (χ3n) is 4.66. The van der Waals surface area contributed by atoms with Gasteiger partial charge in [-0.25, -0.2) is 4.98 Å². The smallest absolute Gasteiger partial charge is 0.133 e. The highest BCUT2D eigenvalue weighted by molar-refractivity contribution is 5.77. The minimum Gasteiger partial charge on any atom is -0.493 e. The molecule has 0 bridgehead atoms. The van der Waals surface area contributed by atoms with E-state index in [0.717, 1.165) is 65.4 Å². The van der Waals surface area contributed by atoms with Crippen molar-refractivity contribution in [3.63, 3.8) is 0 Å². The first kappa shape index (κ1) is 24.3. The molecule has 0 aliphatic carbocycles. The van der Waals surface area contributed by atoms with Gasteiger partial charge in [-0.1, -0.05) is 50.3 Å². The molecule has 0 fully saturated rings. The van der Waals surface area contributed by atoms with E-state index in [0.29, 0.717) is 6.61 Å². The zero-order valence-corrected chi connectivity index (χ0v) is 19.4. The van der Waals surface area contributed by atoms with Crippen molar-refractivity contribution in [2.45, 2.75) is 59.5 Å². The zero-order chi connectivity index (χ0) is 22.6. The fraction of sp³-hybridized carbons (Fsp3) is 0.370. The van der Waals surface area contributed by atoms with Crippen molar-refractivity contribution >= 4 is 11.5 Å². The lowest BCUT2D eigenvalue weighted by molar-refractivity contribution is 0.239. The van der Waals surface area contributed by atoms with Crippen molar-refractivity contribution in [1.29, 1.82) is 0 Å². The quantitative estimate of drug-likeness (QED) is 0.272. The molecule has 31 heavy (non-hydrogen) atoms. The van der Waals surface area contributed by atoms with E-state index in [1.165, 1.54) is 0 Å². The number of unbranched alkanes of at least 4 members (excludes halogenated alkanes) is 1. The topological polar surface area (TPSA) is 43.4 Å². The van der Waals surface area contributed by atoms with Gasteiger partial charge < -0.3 is 14.8 Å². The maximum atomic E-state index is 6.07. The van der Waals surface area contributed by atoms with Crippen molar-refractivity contribution in [3.8, 4) is 11.5 Å². The highest BCUT2D eigenvalue weighted by Crippen LogP contribution is 2.30. The number of allylic oxidation sites excluding steroid dienone is 3. The predicted molar refractivity (Wildman–Crippen MR) is 132 cm³/mol. The Kier molecular flexibility index (Phi) is 9.89. The maximum Gasteiger partial charge on any atom is 0.133 e. The molecule has 1 aromatic heterocycles. The first-order valence-corrected chi connectivity index (χ1v) is 11.1. The molecule has 0 atom stereocenters. The Hall–Kier alpha value is -3.01. The number of nitrogens with zero attached hydrogens (tertiary/aromatic N) is 1. The number of aromatic nitrogens is 1. The second-order valence-electron chi connectivity index (χ2n) is 7.87. The number of ether oxygens (including phenoxy) is 2. The molecule has 0 amide bonds. The van der Waals surface area contributed by atoms with Crippen LogP contribution in [0.15, 0.2) is 67.4 Å². The highest BCUT2D eigenvalue weighted by atomic mass is 16.5. The van der Waals surface area contributed by atoms with Crippen LogP contribution in [0.2, 0.25) is 0 Å². The average Bonchev–Trinajstić information content (AvgIpc) is 2.74. The average molecular weight is 421 g/mol. The third kappa shape index (κ3) is 8.33. The number of benzene rings is 1. The standard InChI is InChI=1S/C27H36N2O2/c1-7-9-14-26(29-27-22(6)13-10-15-28-27)23-17-24(19-25(18-23)31-20(3)4)30-16-11-12-21(5)8-2/h8,10,13-15,17-20H,2,5,7,9,11-12,16H2,1,3-4,6H3,(H,28,29)/b26-14+. The molecule has 0 unspecified atom stereocenters. The fourth-order valence-electron chi connectivity index (χ4n) is 3.02. The van der Waals surface area contributed by atoms with Crippen molar-refractivity contribution in [2.24, 2.45) is 0 Å². The second kappa shape index (κ2) is 12.6. The Morgan fingerprint density at radius 2 is 2.00 bits per heavy atom. The second-order valence-corrected chi connectivity index (χ2v) is 7.87. The van der Waals surface area contributed by atoms with Gasteiger partial charge in [0.2, 0.25) is 0 Å². The fourth-order valence-corrected chi connectivity index (χ4v) is 3.02. The van der Waals surface area contributed by atoms with Gasteiger partial charge in [-0.2, -0.15) is 0 Å². The Morgan fingerprint density at radius 1 is 1.23 bits per heavy atom. The summed E-state index contributed by atoms with van der Waals surface area (Å²) in [5.74, 6) is 2.43. The van der Waals surface area contributed by atoms with Gasteiger partial charge in [-0.15, -0.1) is 0 Å². The largest absolute Gasteiger partial charge is 0.493 e. The maximum absolute atomic E-state index is 6.07. The first-order valence-electron chi connectivity index (χ1n) is 11.1. The SMILES string of the molecule is C=CC(=C)CCCOc1cc(OC(C)C)cc(/C(=C\CCC)Nc2ncccc2C)c1. The van der Waals surface area contributed by atoms with Crippen molar-refractivity contribution in [2.75, 3.05) is 11.9 Å². The Morgan fingerprint density at radius 3 is 2.68 bits per heavy atom. The van der Waals surface area contributed by atoms with Crippen LogP contribution in [0.3, 0.4) is 0 Å². The van der Waals surface area contributed by atoms with Crippen molar-refractivity contribution in [3.05, 3.63) is 78.5 Å². The summed E-state index contributed by atoms with van der Waals surface area (Å²) in [6.45, 7) is 16.6. The Labute approximate surface area is 187 Å². The van der Waals surface area contributed by atoms with E-state index in [1.807, 2.05) is 26.0 Å². The normalized spacial score (nSPS) is 11.3.